The number of aliphatic hydroxyl groups is 1. The third kappa shape index (κ3) is 2.92. The summed E-state index contributed by atoms with van der Waals surface area (Å²) in [5.41, 5.74) is 0.564. The van der Waals surface area contributed by atoms with E-state index in [0.29, 0.717) is 5.56 Å². The summed E-state index contributed by atoms with van der Waals surface area (Å²) in [6.45, 7) is 5.11. The second kappa shape index (κ2) is 5.26. The summed E-state index contributed by atoms with van der Waals surface area (Å²) in [6.07, 6.45) is 3.40. The highest BCUT2D eigenvalue weighted by Gasteiger charge is 2.28. The van der Waals surface area contributed by atoms with Gasteiger partial charge in [-0.3, -0.25) is 4.79 Å². The molecule has 88 valence electrons. The van der Waals surface area contributed by atoms with Crippen LogP contribution in [0.4, 0.5) is 0 Å². The summed E-state index contributed by atoms with van der Waals surface area (Å²) in [5, 5.41) is 9.98. The van der Waals surface area contributed by atoms with E-state index in [4.69, 9.17) is 0 Å². The maximum atomic E-state index is 11.3. The van der Waals surface area contributed by atoms with Gasteiger partial charge in [0.05, 0.1) is 0 Å². The Bertz CT molecular complexity index is 350. The van der Waals surface area contributed by atoms with Gasteiger partial charge in [-0.05, 0) is 37.8 Å². The summed E-state index contributed by atoms with van der Waals surface area (Å²) < 4.78 is 0. The minimum atomic E-state index is -1.36. The van der Waals surface area contributed by atoms with Crippen molar-refractivity contribution in [3.63, 3.8) is 0 Å². The molecule has 0 aliphatic carbocycles. The van der Waals surface area contributed by atoms with Crippen LogP contribution in [-0.4, -0.2) is 10.9 Å². The Balaban J connectivity index is 2.82. The standard InChI is InChI=1S/C14H20O2/c1-4-5-6-12-7-9-13(10-8-12)14(3,16)11(2)15/h7-10,16H,4-6H2,1-3H3. The van der Waals surface area contributed by atoms with Gasteiger partial charge < -0.3 is 5.11 Å². The molecule has 1 aromatic rings. The smallest absolute Gasteiger partial charge is 0.165 e. The van der Waals surface area contributed by atoms with Crippen LogP contribution >= 0.6 is 0 Å². The Hall–Kier alpha value is -1.15. The molecule has 2 heteroatoms. The molecule has 0 aromatic heterocycles. The molecule has 2 nitrogen and oxygen atoms in total. The van der Waals surface area contributed by atoms with Gasteiger partial charge in [-0.1, -0.05) is 37.6 Å². The van der Waals surface area contributed by atoms with E-state index in [1.54, 1.807) is 0 Å². The molecular formula is C14H20O2. The molecule has 0 heterocycles. The first-order valence-electron chi connectivity index (χ1n) is 5.81. The van der Waals surface area contributed by atoms with Crippen LogP contribution in [0.25, 0.3) is 0 Å². The van der Waals surface area contributed by atoms with Gasteiger partial charge in [-0.2, -0.15) is 0 Å². The fourth-order valence-corrected chi connectivity index (χ4v) is 1.58. The van der Waals surface area contributed by atoms with Crippen LogP contribution in [0.5, 0.6) is 0 Å². The monoisotopic (exact) mass is 220 g/mol. The quantitative estimate of drug-likeness (QED) is 0.828. The number of carbonyl (C=O) groups excluding carboxylic acids is 1. The summed E-state index contributed by atoms with van der Waals surface area (Å²) in [4.78, 5) is 11.3. The van der Waals surface area contributed by atoms with Gasteiger partial charge in [0.1, 0.15) is 5.60 Å². The molecule has 0 fully saturated rings. The lowest BCUT2D eigenvalue weighted by atomic mass is 9.91. The number of benzene rings is 1. The Labute approximate surface area is 97.3 Å². The molecule has 0 saturated carbocycles. The summed E-state index contributed by atoms with van der Waals surface area (Å²) in [5.74, 6) is -0.228. The van der Waals surface area contributed by atoms with Crippen LogP contribution in [-0.2, 0) is 16.8 Å². The van der Waals surface area contributed by atoms with E-state index in [0.717, 1.165) is 6.42 Å². The highest BCUT2D eigenvalue weighted by Crippen LogP contribution is 2.22. The third-order valence-corrected chi connectivity index (χ3v) is 3.02. The highest BCUT2D eigenvalue weighted by molar-refractivity contribution is 5.85. The third-order valence-electron chi connectivity index (χ3n) is 3.02. The molecule has 0 bridgehead atoms. The lowest BCUT2D eigenvalue weighted by Gasteiger charge is -2.20. The van der Waals surface area contributed by atoms with E-state index in [1.165, 1.54) is 32.3 Å². The maximum absolute atomic E-state index is 11.3. The molecule has 1 aromatic carbocycles. The molecule has 16 heavy (non-hydrogen) atoms. The lowest BCUT2D eigenvalue weighted by molar-refractivity contribution is -0.134. The van der Waals surface area contributed by atoms with Gasteiger partial charge >= 0.3 is 0 Å². The zero-order chi connectivity index (χ0) is 12.2. The van der Waals surface area contributed by atoms with Crippen molar-refractivity contribution >= 4 is 5.78 Å². The van der Waals surface area contributed by atoms with E-state index in [-0.39, 0.29) is 5.78 Å². The van der Waals surface area contributed by atoms with Crippen LogP contribution in [0.3, 0.4) is 0 Å². The van der Waals surface area contributed by atoms with Crippen molar-refractivity contribution in [1.29, 1.82) is 0 Å². The number of rotatable bonds is 5. The molecule has 0 aliphatic rings. The molecule has 1 rings (SSSR count). The molecule has 0 aliphatic heterocycles. The van der Waals surface area contributed by atoms with Crippen LogP contribution in [0.1, 0.15) is 44.7 Å². The SMILES string of the molecule is CCCCc1ccc(C(C)(O)C(C)=O)cc1. The predicted molar refractivity (Wildman–Crippen MR) is 65.3 cm³/mol. The predicted octanol–water partition coefficient (Wildman–Crippen LogP) is 2.83. The molecular weight excluding hydrogens is 200 g/mol. The molecule has 0 saturated heterocycles. The van der Waals surface area contributed by atoms with Crippen molar-refractivity contribution in [2.24, 2.45) is 0 Å². The minimum Gasteiger partial charge on any atom is -0.378 e. The topological polar surface area (TPSA) is 37.3 Å². The number of unbranched alkanes of at least 4 members (excludes halogenated alkanes) is 1. The van der Waals surface area contributed by atoms with Crippen LogP contribution in [0, 0.1) is 0 Å². The molecule has 1 N–H and O–H groups in total. The first-order valence-corrected chi connectivity index (χ1v) is 5.81. The van der Waals surface area contributed by atoms with Crippen molar-refractivity contribution in [1.82, 2.24) is 0 Å². The number of Topliss-reactive ketones (excluding diaryl/α,β-unsaturated/α-hetero) is 1. The molecule has 0 radical (unpaired) electrons. The fourth-order valence-electron chi connectivity index (χ4n) is 1.58. The first-order chi connectivity index (χ1) is 7.48. The molecule has 1 atom stereocenters. The van der Waals surface area contributed by atoms with Crippen LogP contribution in [0.15, 0.2) is 24.3 Å². The minimum absolute atomic E-state index is 0.228. The van der Waals surface area contributed by atoms with E-state index in [2.05, 4.69) is 6.92 Å². The fraction of sp³-hybridized carbons (Fsp3) is 0.500. The van der Waals surface area contributed by atoms with E-state index >= 15 is 0 Å². The van der Waals surface area contributed by atoms with Crippen molar-refractivity contribution in [2.45, 2.75) is 45.6 Å². The summed E-state index contributed by atoms with van der Waals surface area (Å²) >= 11 is 0. The second-order valence-electron chi connectivity index (χ2n) is 4.43. The van der Waals surface area contributed by atoms with E-state index in [1.807, 2.05) is 24.3 Å². The highest BCUT2D eigenvalue weighted by atomic mass is 16.3. The number of aryl methyl sites for hydroxylation is 1. The number of hydrogen-bond acceptors (Lipinski definition) is 2. The largest absolute Gasteiger partial charge is 0.378 e. The van der Waals surface area contributed by atoms with Crippen molar-refractivity contribution in [3.05, 3.63) is 35.4 Å². The molecule has 1 unspecified atom stereocenters. The zero-order valence-corrected chi connectivity index (χ0v) is 10.3. The average molecular weight is 220 g/mol. The Morgan fingerprint density at radius 3 is 2.31 bits per heavy atom. The number of hydrogen-bond donors (Lipinski definition) is 1. The van der Waals surface area contributed by atoms with Crippen molar-refractivity contribution in [3.8, 4) is 0 Å². The van der Waals surface area contributed by atoms with Gasteiger partial charge in [-0.25, -0.2) is 0 Å². The maximum Gasteiger partial charge on any atom is 0.165 e. The van der Waals surface area contributed by atoms with Gasteiger partial charge in [0.25, 0.3) is 0 Å². The Kier molecular flexibility index (Phi) is 4.25. The van der Waals surface area contributed by atoms with E-state index < -0.39 is 5.60 Å². The molecule has 0 spiro atoms. The average Bonchev–Trinajstić information content (AvgIpc) is 2.26. The normalized spacial score (nSPS) is 14.5. The van der Waals surface area contributed by atoms with Gasteiger partial charge in [0, 0.05) is 0 Å². The summed E-state index contributed by atoms with van der Waals surface area (Å²) in [7, 11) is 0. The van der Waals surface area contributed by atoms with Crippen molar-refractivity contribution < 1.29 is 9.90 Å². The number of carbonyl (C=O) groups is 1. The second-order valence-corrected chi connectivity index (χ2v) is 4.43. The Morgan fingerprint density at radius 2 is 1.88 bits per heavy atom. The van der Waals surface area contributed by atoms with Gasteiger partial charge in [0.2, 0.25) is 0 Å². The first kappa shape index (κ1) is 12.9. The van der Waals surface area contributed by atoms with E-state index in [9.17, 15) is 9.90 Å². The zero-order valence-electron chi connectivity index (χ0n) is 10.3. The molecule has 0 amide bonds. The van der Waals surface area contributed by atoms with Crippen LogP contribution < -0.4 is 0 Å². The lowest BCUT2D eigenvalue weighted by Crippen LogP contribution is -2.29. The van der Waals surface area contributed by atoms with Gasteiger partial charge in [-0.15, -0.1) is 0 Å². The summed E-state index contributed by atoms with van der Waals surface area (Å²) in [6, 6.07) is 7.66. The van der Waals surface area contributed by atoms with Crippen LogP contribution in [0.2, 0.25) is 0 Å². The van der Waals surface area contributed by atoms with Gasteiger partial charge in [0.15, 0.2) is 5.78 Å². The Morgan fingerprint density at radius 1 is 1.31 bits per heavy atom. The number of ketones is 1. The van der Waals surface area contributed by atoms with Crippen molar-refractivity contribution in [2.75, 3.05) is 0 Å².